The van der Waals surface area contributed by atoms with Crippen LogP contribution < -0.4 is 0 Å². The van der Waals surface area contributed by atoms with Crippen molar-refractivity contribution in [2.75, 3.05) is 6.61 Å². The van der Waals surface area contributed by atoms with Gasteiger partial charge in [0, 0.05) is 12.6 Å². The van der Waals surface area contributed by atoms with Crippen molar-refractivity contribution < 1.29 is 4.74 Å². The summed E-state index contributed by atoms with van der Waals surface area (Å²) in [4.78, 5) is 4.52. The van der Waals surface area contributed by atoms with Crippen LogP contribution in [-0.4, -0.2) is 16.0 Å². The zero-order valence-corrected chi connectivity index (χ0v) is 8.29. The molecular weight excluding hydrogens is 200 g/mol. The molecule has 0 bridgehead atoms. The molecule has 3 heterocycles. The predicted octanol–water partition coefficient (Wildman–Crippen LogP) is 2.06. The second-order valence-electron chi connectivity index (χ2n) is 3.38. The third-order valence-electron chi connectivity index (χ3n) is 2.49. The van der Waals surface area contributed by atoms with E-state index in [1.54, 1.807) is 0 Å². The zero-order chi connectivity index (χ0) is 9.54. The van der Waals surface area contributed by atoms with E-state index in [0.29, 0.717) is 6.61 Å². The van der Waals surface area contributed by atoms with Crippen molar-refractivity contribution in [3.8, 4) is 0 Å². The summed E-state index contributed by atoms with van der Waals surface area (Å²) in [6.07, 6.45) is 2.78. The molecule has 0 saturated carbocycles. The summed E-state index contributed by atoms with van der Waals surface area (Å²) in [6, 6.07) is 3.79. The molecule has 72 valence electrons. The highest BCUT2D eigenvalue weighted by molar-refractivity contribution is 6.30. The molecule has 1 aliphatic rings. The number of hydrogen-bond donors (Lipinski definition) is 0. The van der Waals surface area contributed by atoms with E-state index in [1.165, 1.54) is 0 Å². The van der Waals surface area contributed by atoms with Gasteiger partial charge >= 0.3 is 0 Å². The molecule has 3 nitrogen and oxygen atoms in total. The Hall–Kier alpha value is -1.06. The summed E-state index contributed by atoms with van der Waals surface area (Å²) < 4.78 is 7.41. The Morgan fingerprint density at radius 1 is 1.43 bits per heavy atom. The minimum absolute atomic E-state index is 0.636. The highest BCUT2D eigenvalue weighted by Gasteiger charge is 2.15. The van der Waals surface area contributed by atoms with E-state index >= 15 is 0 Å². The highest BCUT2D eigenvalue weighted by atomic mass is 35.5. The van der Waals surface area contributed by atoms with Gasteiger partial charge in [0.2, 0.25) is 0 Å². The quantitative estimate of drug-likeness (QED) is 0.663. The molecule has 0 fully saturated rings. The van der Waals surface area contributed by atoms with Crippen LogP contribution in [0.2, 0.25) is 5.02 Å². The van der Waals surface area contributed by atoms with Gasteiger partial charge in [-0.25, -0.2) is 4.98 Å². The fourth-order valence-corrected chi connectivity index (χ4v) is 1.97. The van der Waals surface area contributed by atoms with Crippen LogP contribution in [0.15, 0.2) is 18.3 Å². The molecule has 2 aromatic heterocycles. The first-order valence-corrected chi connectivity index (χ1v) is 4.95. The van der Waals surface area contributed by atoms with E-state index in [0.717, 1.165) is 35.1 Å². The van der Waals surface area contributed by atoms with Gasteiger partial charge in [0.05, 0.1) is 29.6 Å². The molecule has 14 heavy (non-hydrogen) atoms. The monoisotopic (exact) mass is 208 g/mol. The van der Waals surface area contributed by atoms with Gasteiger partial charge in [0.25, 0.3) is 0 Å². The second kappa shape index (κ2) is 2.97. The lowest BCUT2D eigenvalue weighted by Crippen LogP contribution is -2.10. The molecule has 4 heteroatoms. The molecule has 0 aromatic carbocycles. The Balaban J connectivity index is 2.32. The van der Waals surface area contributed by atoms with Crippen molar-refractivity contribution in [1.29, 1.82) is 0 Å². The van der Waals surface area contributed by atoms with Crippen molar-refractivity contribution in [2.24, 2.45) is 0 Å². The Kier molecular flexibility index (Phi) is 1.75. The maximum Gasteiger partial charge on any atom is 0.137 e. The Bertz CT molecular complexity index is 492. The lowest BCUT2D eigenvalue weighted by Gasteiger charge is -2.11. The Morgan fingerprint density at radius 3 is 3.29 bits per heavy atom. The van der Waals surface area contributed by atoms with Crippen LogP contribution in [0.5, 0.6) is 0 Å². The fourth-order valence-electron chi connectivity index (χ4n) is 1.81. The summed E-state index contributed by atoms with van der Waals surface area (Å²) in [5, 5.41) is 0.725. The molecule has 0 atom stereocenters. The molecule has 0 aliphatic carbocycles. The minimum Gasteiger partial charge on any atom is -0.375 e. The molecule has 0 radical (unpaired) electrons. The number of imidazole rings is 1. The summed E-state index contributed by atoms with van der Waals surface area (Å²) in [5.74, 6) is 0. The topological polar surface area (TPSA) is 26.5 Å². The van der Waals surface area contributed by atoms with Crippen LogP contribution in [0.3, 0.4) is 0 Å². The van der Waals surface area contributed by atoms with Gasteiger partial charge in [-0.05, 0) is 12.1 Å². The van der Waals surface area contributed by atoms with Gasteiger partial charge in [-0.2, -0.15) is 0 Å². The van der Waals surface area contributed by atoms with Crippen molar-refractivity contribution in [3.05, 3.63) is 34.7 Å². The molecular formula is C10H9ClN2O. The van der Waals surface area contributed by atoms with Gasteiger partial charge < -0.3 is 4.74 Å². The molecule has 0 spiro atoms. The minimum atomic E-state index is 0.636. The van der Waals surface area contributed by atoms with E-state index in [1.807, 2.05) is 22.7 Å². The number of fused-ring (bicyclic) bond motifs is 3. The summed E-state index contributed by atoms with van der Waals surface area (Å²) in [7, 11) is 0. The van der Waals surface area contributed by atoms with Gasteiger partial charge in [0.1, 0.15) is 5.65 Å². The number of rotatable bonds is 0. The number of halogens is 1. The van der Waals surface area contributed by atoms with Gasteiger partial charge in [0.15, 0.2) is 0 Å². The first kappa shape index (κ1) is 8.26. The van der Waals surface area contributed by atoms with Crippen LogP contribution in [-0.2, 0) is 17.8 Å². The maximum atomic E-state index is 5.93. The fraction of sp³-hybridized carbons (Fsp3) is 0.300. The van der Waals surface area contributed by atoms with E-state index in [2.05, 4.69) is 4.98 Å². The smallest absolute Gasteiger partial charge is 0.137 e. The first-order chi connectivity index (χ1) is 6.84. The van der Waals surface area contributed by atoms with Crippen molar-refractivity contribution in [2.45, 2.75) is 13.0 Å². The molecule has 2 aromatic rings. The summed E-state index contributed by atoms with van der Waals surface area (Å²) in [5.41, 5.74) is 3.22. The molecule has 3 rings (SSSR count). The van der Waals surface area contributed by atoms with Crippen LogP contribution in [0.25, 0.3) is 5.65 Å². The third-order valence-corrected chi connectivity index (χ3v) is 2.71. The first-order valence-electron chi connectivity index (χ1n) is 4.58. The highest BCUT2D eigenvalue weighted by Crippen LogP contribution is 2.20. The largest absolute Gasteiger partial charge is 0.375 e. The lowest BCUT2D eigenvalue weighted by molar-refractivity contribution is 0.106. The third kappa shape index (κ3) is 1.13. The summed E-state index contributed by atoms with van der Waals surface area (Å²) in [6.45, 7) is 1.40. The van der Waals surface area contributed by atoms with Crippen LogP contribution in [0.4, 0.5) is 0 Å². The Morgan fingerprint density at radius 2 is 2.36 bits per heavy atom. The predicted molar refractivity (Wildman–Crippen MR) is 53.6 cm³/mol. The van der Waals surface area contributed by atoms with Gasteiger partial charge in [-0.3, -0.25) is 4.40 Å². The normalized spacial score (nSPS) is 15.8. The zero-order valence-electron chi connectivity index (χ0n) is 7.53. The molecule has 0 unspecified atom stereocenters. The van der Waals surface area contributed by atoms with Crippen molar-refractivity contribution in [1.82, 2.24) is 9.38 Å². The molecule has 0 saturated heterocycles. The SMILES string of the molecule is Clc1ccc2nc3c(n2c1)COCC3. The number of nitrogens with zero attached hydrogens (tertiary/aromatic N) is 2. The van der Waals surface area contributed by atoms with Gasteiger partial charge in [-0.15, -0.1) is 0 Å². The van der Waals surface area contributed by atoms with E-state index < -0.39 is 0 Å². The van der Waals surface area contributed by atoms with Gasteiger partial charge in [-0.1, -0.05) is 11.6 Å². The molecule has 0 N–H and O–H groups in total. The standard InChI is InChI=1S/C10H9ClN2O/c11-7-1-2-10-12-8-3-4-14-6-9(8)13(10)5-7/h1-2,5H,3-4,6H2. The Labute approximate surface area is 86.3 Å². The number of aromatic nitrogens is 2. The van der Waals surface area contributed by atoms with Crippen molar-refractivity contribution in [3.63, 3.8) is 0 Å². The van der Waals surface area contributed by atoms with Crippen LogP contribution >= 0.6 is 11.6 Å². The van der Waals surface area contributed by atoms with E-state index in [9.17, 15) is 0 Å². The van der Waals surface area contributed by atoms with E-state index in [4.69, 9.17) is 16.3 Å². The number of ether oxygens (including phenoxy) is 1. The molecule has 0 amide bonds. The second-order valence-corrected chi connectivity index (χ2v) is 3.82. The number of hydrogen-bond acceptors (Lipinski definition) is 2. The van der Waals surface area contributed by atoms with Crippen LogP contribution in [0.1, 0.15) is 11.4 Å². The van der Waals surface area contributed by atoms with E-state index in [-0.39, 0.29) is 0 Å². The lowest BCUT2D eigenvalue weighted by atomic mass is 10.2. The maximum absolute atomic E-state index is 5.93. The molecule has 1 aliphatic heterocycles. The van der Waals surface area contributed by atoms with Crippen molar-refractivity contribution >= 4 is 17.2 Å². The average molecular weight is 209 g/mol. The number of pyridine rings is 1. The van der Waals surface area contributed by atoms with Crippen LogP contribution in [0, 0.1) is 0 Å². The summed E-state index contributed by atoms with van der Waals surface area (Å²) >= 11 is 5.93. The average Bonchev–Trinajstić information content (AvgIpc) is 2.56.